The van der Waals surface area contributed by atoms with Crippen molar-refractivity contribution in [2.24, 2.45) is 5.92 Å². The van der Waals surface area contributed by atoms with Gasteiger partial charge in [0.2, 0.25) is 10.0 Å². The zero-order chi connectivity index (χ0) is 23.9. The number of ether oxygens (including phenoxy) is 1. The third-order valence-corrected chi connectivity index (χ3v) is 9.07. The van der Waals surface area contributed by atoms with Crippen LogP contribution in [0.2, 0.25) is 0 Å². The maximum atomic E-state index is 13.6. The van der Waals surface area contributed by atoms with Gasteiger partial charge >= 0.3 is 5.97 Å². The first-order valence-electron chi connectivity index (χ1n) is 11.0. The molecule has 5 rings (SSSR count). The van der Waals surface area contributed by atoms with Crippen LogP contribution in [0.5, 0.6) is 0 Å². The monoisotopic (exact) mass is 496 g/mol. The topological polar surface area (TPSA) is 101 Å². The average molecular weight is 497 g/mol. The van der Waals surface area contributed by atoms with Gasteiger partial charge in [-0.3, -0.25) is 9.78 Å². The number of anilines is 2. The standard InChI is InChI=1S/C24H24N4O4S2/c1-15-3-4-16(24(29)32-2)13-28(15)34(30,31)18-6-7-20-19(12-18)21(9-10-25-20)27-17-5-8-23-22(11-17)26-14-33-23/h5-12,14-16H,3-4,13H2,1-2H3,(H,25,27)/t15-,16+/m1/s1. The first-order chi connectivity index (χ1) is 16.4. The van der Waals surface area contributed by atoms with E-state index in [0.717, 1.165) is 21.6 Å². The minimum atomic E-state index is -3.83. The third-order valence-electron chi connectivity index (χ3n) is 6.29. The highest BCUT2D eigenvalue weighted by atomic mass is 32.2. The van der Waals surface area contributed by atoms with Crippen molar-refractivity contribution in [3.05, 3.63) is 54.2 Å². The van der Waals surface area contributed by atoms with Crippen LogP contribution in [0.4, 0.5) is 11.4 Å². The van der Waals surface area contributed by atoms with Crippen LogP contribution in [-0.2, 0) is 19.6 Å². The molecule has 0 unspecified atom stereocenters. The van der Waals surface area contributed by atoms with Gasteiger partial charge in [0.15, 0.2) is 0 Å². The predicted molar refractivity (Wildman–Crippen MR) is 133 cm³/mol. The number of thiazole rings is 1. The molecule has 34 heavy (non-hydrogen) atoms. The van der Waals surface area contributed by atoms with E-state index in [1.165, 1.54) is 11.4 Å². The number of carbonyl (C=O) groups is 1. The van der Waals surface area contributed by atoms with Gasteiger partial charge in [0, 0.05) is 35.5 Å². The van der Waals surface area contributed by atoms with Gasteiger partial charge < -0.3 is 10.1 Å². The van der Waals surface area contributed by atoms with Crippen molar-refractivity contribution in [1.82, 2.24) is 14.3 Å². The number of benzene rings is 2. The number of rotatable bonds is 5. The lowest BCUT2D eigenvalue weighted by Gasteiger charge is -2.35. The zero-order valence-corrected chi connectivity index (χ0v) is 20.4. The molecule has 0 saturated carbocycles. The minimum Gasteiger partial charge on any atom is -0.469 e. The second kappa shape index (κ2) is 8.94. The number of hydrogen-bond donors (Lipinski definition) is 1. The number of sulfonamides is 1. The van der Waals surface area contributed by atoms with Crippen LogP contribution in [0.3, 0.4) is 0 Å². The largest absolute Gasteiger partial charge is 0.469 e. The van der Waals surface area contributed by atoms with Crippen LogP contribution in [0.15, 0.2) is 59.1 Å². The van der Waals surface area contributed by atoms with E-state index in [1.807, 2.05) is 31.2 Å². The second-order valence-corrected chi connectivity index (χ2v) is 11.2. The van der Waals surface area contributed by atoms with Crippen molar-refractivity contribution in [1.29, 1.82) is 0 Å². The van der Waals surface area contributed by atoms with Crippen LogP contribution >= 0.6 is 11.3 Å². The van der Waals surface area contributed by atoms with Gasteiger partial charge in [0.05, 0.1) is 39.2 Å². The Balaban J connectivity index is 1.51. The minimum absolute atomic E-state index is 0.111. The number of nitrogens with one attached hydrogen (secondary N) is 1. The van der Waals surface area contributed by atoms with Crippen LogP contribution in [0.25, 0.3) is 21.1 Å². The van der Waals surface area contributed by atoms with Crippen molar-refractivity contribution in [3.63, 3.8) is 0 Å². The summed E-state index contributed by atoms with van der Waals surface area (Å²) in [6.07, 6.45) is 2.90. The van der Waals surface area contributed by atoms with Gasteiger partial charge in [-0.15, -0.1) is 11.3 Å². The molecule has 0 aliphatic carbocycles. The van der Waals surface area contributed by atoms with Crippen LogP contribution in [0.1, 0.15) is 19.8 Å². The fourth-order valence-electron chi connectivity index (χ4n) is 4.39. The molecular formula is C24H24N4O4S2. The number of aromatic nitrogens is 2. The molecule has 0 spiro atoms. The Labute approximate surface area is 201 Å². The summed E-state index contributed by atoms with van der Waals surface area (Å²) in [5, 5.41) is 4.07. The molecule has 8 nitrogen and oxygen atoms in total. The molecule has 176 valence electrons. The summed E-state index contributed by atoms with van der Waals surface area (Å²) in [7, 11) is -2.50. The smallest absolute Gasteiger partial charge is 0.309 e. The van der Waals surface area contributed by atoms with E-state index in [-0.39, 0.29) is 23.5 Å². The predicted octanol–water partition coefficient (Wildman–Crippen LogP) is 4.55. The summed E-state index contributed by atoms with van der Waals surface area (Å²) in [5.74, 6) is -0.839. The molecule has 1 aliphatic heterocycles. The summed E-state index contributed by atoms with van der Waals surface area (Å²) < 4.78 is 34.6. The molecule has 4 aromatic rings. The fourth-order valence-corrected chi connectivity index (χ4v) is 6.78. The van der Waals surface area contributed by atoms with Gasteiger partial charge in [-0.05, 0) is 62.2 Å². The van der Waals surface area contributed by atoms with E-state index in [0.29, 0.717) is 23.7 Å². The number of piperidine rings is 1. The van der Waals surface area contributed by atoms with Gasteiger partial charge in [-0.2, -0.15) is 4.31 Å². The van der Waals surface area contributed by atoms with Crippen LogP contribution in [-0.4, -0.2) is 48.4 Å². The van der Waals surface area contributed by atoms with E-state index in [1.54, 1.807) is 41.2 Å². The Morgan fingerprint density at radius 3 is 2.79 bits per heavy atom. The Kier molecular flexibility index (Phi) is 5.97. The van der Waals surface area contributed by atoms with Gasteiger partial charge in [0.1, 0.15) is 0 Å². The van der Waals surface area contributed by atoms with E-state index in [2.05, 4.69) is 15.3 Å². The molecule has 2 atom stereocenters. The third kappa shape index (κ3) is 4.13. The average Bonchev–Trinajstić information content (AvgIpc) is 3.31. The van der Waals surface area contributed by atoms with Gasteiger partial charge in [0.25, 0.3) is 0 Å². The van der Waals surface area contributed by atoms with E-state index in [4.69, 9.17) is 4.74 Å². The highest BCUT2D eigenvalue weighted by Crippen LogP contribution is 2.33. The zero-order valence-electron chi connectivity index (χ0n) is 18.8. The molecule has 1 saturated heterocycles. The number of esters is 1. The molecule has 0 amide bonds. The van der Waals surface area contributed by atoms with Crippen LogP contribution in [0, 0.1) is 5.92 Å². The van der Waals surface area contributed by atoms with Crippen LogP contribution < -0.4 is 5.32 Å². The highest BCUT2D eigenvalue weighted by Gasteiger charge is 2.38. The Morgan fingerprint density at radius 2 is 1.97 bits per heavy atom. The summed E-state index contributed by atoms with van der Waals surface area (Å²) in [5.41, 5.74) is 4.98. The molecule has 3 heterocycles. The molecule has 10 heteroatoms. The molecule has 0 radical (unpaired) electrons. The second-order valence-electron chi connectivity index (χ2n) is 8.42. The number of methoxy groups -OCH3 is 1. The van der Waals surface area contributed by atoms with Gasteiger partial charge in [-0.1, -0.05) is 0 Å². The van der Waals surface area contributed by atoms with E-state index < -0.39 is 15.9 Å². The SMILES string of the molecule is COC(=O)[C@H]1CC[C@@H](C)N(S(=O)(=O)c2ccc3nccc(Nc4ccc5scnc5c4)c3c2)C1. The van der Waals surface area contributed by atoms with E-state index in [9.17, 15) is 13.2 Å². The lowest BCUT2D eigenvalue weighted by molar-refractivity contribution is -0.147. The van der Waals surface area contributed by atoms with Crippen molar-refractivity contribution in [3.8, 4) is 0 Å². The summed E-state index contributed by atoms with van der Waals surface area (Å²) in [4.78, 5) is 21.0. The molecule has 1 N–H and O–H groups in total. The molecule has 2 aromatic carbocycles. The maximum absolute atomic E-state index is 13.6. The number of carbonyl (C=O) groups excluding carboxylic acids is 1. The van der Waals surface area contributed by atoms with Crippen molar-refractivity contribution >= 4 is 59.8 Å². The van der Waals surface area contributed by atoms with Gasteiger partial charge in [-0.25, -0.2) is 13.4 Å². The maximum Gasteiger partial charge on any atom is 0.309 e. The Hall–Kier alpha value is -3.08. The summed E-state index contributed by atoms with van der Waals surface area (Å²) in [6.45, 7) is 1.98. The normalized spacial score (nSPS) is 19.4. The summed E-state index contributed by atoms with van der Waals surface area (Å²) >= 11 is 1.58. The molecule has 0 bridgehead atoms. The fraction of sp³-hybridized carbons (Fsp3) is 0.292. The van der Waals surface area contributed by atoms with Crippen molar-refractivity contribution in [2.75, 3.05) is 19.0 Å². The molecular weight excluding hydrogens is 472 g/mol. The molecule has 2 aromatic heterocycles. The first kappa shape index (κ1) is 22.7. The number of pyridine rings is 1. The quantitative estimate of drug-likeness (QED) is 0.405. The number of fused-ring (bicyclic) bond motifs is 2. The van der Waals surface area contributed by atoms with Crippen molar-refractivity contribution < 1.29 is 17.9 Å². The first-order valence-corrected chi connectivity index (χ1v) is 13.3. The molecule has 1 fully saturated rings. The van der Waals surface area contributed by atoms with E-state index >= 15 is 0 Å². The Bertz CT molecular complexity index is 1480. The summed E-state index contributed by atoms with van der Waals surface area (Å²) in [6, 6.07) is 12.5. The molecule has 1 aliphatic rings. The lowest BCUT2D eigenvalue weighted by Crippen LogP contribution is -2.47. The van der Waals surface area contributed by atoms with Crippen molar-refractivity contribution in [2.45, 2.75) is 30.7 Å². The Morgan fingerprint density at radius 1 is 1.12 bits per heavy atom. The lowest BCUT2D eigenvalue weighted by atomic mass is 9.96. The highest BCUT2D eigenvalue weighted by molar-refractivity contribution is 7.89. The number of hydrogen-bond acceptors (Lipinski definition) is 8. The number of nitrogens with zero attached hydrogens (tertiary/aromatic N) is 3.